The van der Waals surface area contributed by atoms with Crippen molar-refractivity contribution in [2.24, 2.45) is 5.73 Å². The van der Waals surface area contributed by atoms with Gasteiger partial charge in [0.15, 0.2) is 0 Å². The predicted molar refractivity (Wildman–Crippen MR) is 97.0 cm³/mol. The van der Waals surface area contributed by atoms with Crippen molar-refractivity contribution in [1.82, 2.24) is 14.8 Å². The molecule has 3 rings (SSSR count). The molecule has 1 aromatic heterocycles. The fraction of sp³-hybridized carbons (Fsp3) is 0.263. The molecule has 0 spiro atoms. The van der Waals surface area contributed by atoms with Gasteiger partial charge in [0, 0.05) is 17.0 Å². The van der Waals surface area contributed by atoms with Gasteiger partial charge in [0.05, 0.1) is 6.54 Å². The summed E-state index contributed by atoms with van der Waals surface area (Å²) < 4.78 is 1.86. The van der Waals surface area contributed by atoms with E-state index in [1.807, 2.05) is 22.9 Å². The summed E-state index contributed by atoms with van der Waals surface area (Å²) in [5, 5.41) is 5.03. The SMILES string of the molecule is NCC(CCc1ccc(Cl)cc1)(Cn1cncn1)c1ccccc1. The first-order chi connectivity index (χ1) is 11.7. The van der Waals surface area contributed by atoms with E-state index in [0.717, 1.165) is 17.9 Å². The van der Waals surface area contributed by atoms with Gasteiger partial charge in [-0.25, -0.2) is 4.98 Å². The minimum atomic E-state index is -0.186. The van der Waals surface area contributed by atoms with Crippen LogP contribution < -0.4 is 5.73 Å². The molecular weight excluding hydrogens is 320 g/mol. The highest BCUT2D eigenvalue weighted by Gasteiger charge is 2.31. The van der Waals surface area contributed by atoms with Crippen LogP contribution in [0.3, 0.4) is 0 Å². The Morgan fingerprint density at radius 1 is 1.04 bits per heavy atom. The monoisotopic (exact) mass is 340 g/mol. The first-order valence-electron chi connectivity index (χ1n) is 8.04. The van der Waals surface area contributed by atoms with Gasteiger partial charge in [-0.15, -0.1) is 0 Å². The number of nitrogens with zero attached hydrogens (tertiary/aromatic N) is 3. The van der Waals surface area contributed by atoms with Crippen LogP contribution in [0.2, 0.25) is 5.02 Å². The molecule has 0 amide bonds. The fourth-order valence-corrected chi connectivity index (χ4v) is 3.18. The van der Waals surface area contributed by atoms with Gasteiger partial charge in [-0.05, 0) is 36.1 Å². The van der Waals surface area contributed by atoms with Crippen LogP contribution in [0.4, 0.5) is 0 Å². The van der Waals surface area contributed by atoms with E-state index in [1.54, 1.807) is 12.7 Å². The van der Waals surface area contributed by atoms with Crippen molar-refractivity contribution >= 4 is 11.6 Å². The van der Waals surface area contributed by atoms with Gasteiger partial charge in [0.25, 0.3) is 0 Å². The number of halogens is 1. The lowest BCUT2D eigenvalue weighted by Gasteiger charge is -2.33. The Bertz CT molecular complexity index is 741. The third-order valence-electron chi connectivity index (χ3n) is 4.51. The van der Waals surface area contributed by atoms with Crippen molar-refractivity contribution in [2.75, 3.05) is 6.54 Å². The molecule has 0 aliphatic heterocycles. The van der Waals surface area contributed by atoms with Crippen molar-refractivity contribution in [1.29, 1.82) is 0 Å². The largest absolute Gasteiger partial charge is 0.330 e. The zero-order chi connectivity index (χ0) is 16.8. The van der Waals surface area contributed by atoms with E-state index in [0.29, 0.717) is 13.1 Å². The summed E-state index contributed by atoms with van der Waals surface area (Å²) in [4.78, 5) is 4.06. The minimum Gasteiger partial charge on any atom is -0.330 e. The Labute approximate surface area is 147 Å². The van der Waals surface area contributed by atoms with E-state index in [4.69, 9.17) is 17.3 Å². The van der Waals surface area contributed by atoms with Gasteiger partial charge < -0.3 is 5.73 Å². The highest BCUT2D eigenvalue weighted by atomic mass is 35.5. The van der Waals surface area contributed by atoms with Gasteiger partial charge in [-0.1, -0.05) is 54.1 Å². The third kappa shape index (κ3) is 3.83. The first kappa shape index (κ1) is 16.7. The van der Waals surface area contributed by atoms with Crippen LogP contribution in [0.15, 0.2) is 67.3 Å². The molecule has 2 aromatic carbocycles. The molecule has 3 aromatic rings. The molecule has 0 fully saturated rings. The Balaban J connectivity index is 1.87. The topological polar surface area (TPSA) is 56.7 Å². The lowest BCUT2D eigenvalue weighted by Crippen LogP contribution is -2.40. The Kier molecular flexibility index (Phi) is 5.28. The van der Waals surface area contributed by atoms with Gasteiger partial charge in [-0.2, -0.15) is 5.10 Å². The van der Waals surface area contributed by atoms with Gasteiger partial charge in [0.1, 0.15) is 12.7 Å². The fourth-order valence-electron chi connectivity index (χ4n) is 3.05. The standard InChI is InChI=1S/C19H21ClN4/c20-18-8-6-16(7-9-18)10-11-19(12-21,13-24-15-22-14-23-24)17-4-2-1-3-5-17/h1-9,14-15H,10-13,21H2. The summed E-state index contributed by atoms with van der Waals surface area (Å²) in [5.74, 6) is 0. The smallest absolute Gasteiger partial charge is 0.137 e. The highest BCUT2D eigenvalue weighted by Crippen LogP contribution is 2.31. The summed E-state index contributed by atoms with van der Waals surface area (Å²) in [6.45, 7) is 1.26. The zero-order valence-electron chi connectivity index (χ0n) is 13.5. The van der Waals surface area contributed by atoms with E-state index >= 15 is 0 Å². The molecule has 0 aliphatic rings. The molecule has 0 radical (unpaired) electrons. The summed E-state index contributed by atoms with van der Waals surface area (Å²) in [6.07, 6.45) is 5.16. The molecule has 0 saturated carbocycles. The molecule has 1 atom stereocenters. The normalized spacial score (nSPS) is 13.6. The Hall–Kier alpha value is -2.17. The van der Waals surface area contributed by atoms with Crippen LogP contribution in [0.5, 0.6) is 0 Å². The van der Waals surface area contributed by atoms with Crippen molar-refractivity contribution in [3.63, 3.8) is 0 Å². The number of hydrogen-bond acceptors (Lipinski definition) is 3. The van der Waals surface area contributed by atoms with Gasteiger partial charge >= 0.3 is 0 Å². The van der Waals surface area contributed by atoms with E-state index in [2.05, 4.69) is 46.5 Å². The summed E-state index contributed by atoms with van der Waals surface area (Å²) in [6, 6.07) is 18.4. The van der Waals surface area contributed by atoms with E-state index in [1.165, 1.54) is 11.1 Å². The number of aryl methyl sites for hydroxylation is 1. The average Bonchev–Trinajstić information content (AvgIpc) is 3.14. The van der Waals surface area contributed by atoms with Crippen LogP contribution in [0.1, 0.15) is 17.5 Å². The molecule has 24 heavy (non-hydrogen) atoms. The molecule has 0 saturated heterocycles. The Morgan fingerprint density at radius 2 is 1.79 bits per heavy atom. The van der Waals surface area contributed by atoms with Crippen LogP contribution in [0, 0.1) is 0 Å². The number of aromatic nitrogens is 3. The molecular formula is C19H21ClN4. The maximum Gasteiger partial charge on any atom is 0.137 e. The van der Waals surface area contributed by atoms with Crippen LogP contribution in [-0.2, 0) is 18.4 Å². The molecule has 4 nitrogen and oxygen atoms in total. The van der Waals surface area contributed by atoms with Crippen molar-refractivity contribution in [3.05, 3.63) is 83.4 Å². The number of benzene rings is 2. The minimum absolute atomic E-state index is 0.186. The highest BCUT2D eigenvalue weighted by molar-refractivity contribution is 6.30. The first-order valence-corrected chi connectivity index (χ1v) is 8.42. The second kappa shape index (κ2) is 7.60. The average molecular weight is 341 g/mol. The van der Waals surface area contributed by atoms with E-state index in [9.17, 15) is 0 Å². The second-order valence-electron chi connectivity index (χ2n) is 6.07. The molecule has 5 heteroatoms. The van der Waals surface area contributed by atoms with Crippen molar-refractivity contribution < 1.29 is 0 Å². The van der Waals surface area contributed by atoms with Crippen molar-refractivity contribution in [2.45, 2.75) is 24.8 Å². The van der Waals surface area contributed by atoms with Crippen LogP contribution in [-0.4, -0.2) is 21.3 Å². The van der Waals surface area contributed by atoms with Crippen LogP contribution >= 0.6 is 11.6 Å². The second-order valence-corrected chi connectivity index (χ2v) is 6.51. The summed E-state index contributed by atoms with van der Waals surface area (Å²) in [5.41, 5.74) is 8.57. The lowest BCUT2D eigenvalue weighted by molar-refractivity contribution is 0.328. The number of rotatable bonds is 7. The van der Waals surface area contributed by atoms with E-state index in [-0.39, 0.29) is 5.41 Å². The summed E-state index contributed by atoms with van der Waals surface area (Å²) in [7, 11) is 0. The molecule has 1 heterocycles. The van der Waals surface area contributed by atoms with Gasteiger partial charge in [0.2, 0.25) is 0 Å². The predicted octanol–water partition coefficient (Wildman–Crippen LogP) is 3.46. The molecule has 2 N–H and O–H groups in total. The molecule has 0 bridgehead atoms. The number of nitrogens with two attached hydrogens (primary N) is 1. The molecule has 0 aliphatic carbocycles. The van der Waals surface area contributed by atoms with E-state index < -0.39 is 0 Å². The molecule has 1 unspecified atom stereocenters. The van der Waals surface area contributed by atoms with Gasteiger partial charge in [-0.3, -0.25) is 4.68 Å². The zero-order valence-corrected chi connectivity index (χ0v) is 14.2. The number of hydrogen-bond donors (Lipinski definition) is 1. The maximum atomic E-state index is 6.26. The van der Waals surface area contributed by atoms with Crippen molar-refractivity contribution in [3.8, 4) is 0 Å². The summed E-state index contributed by atoms with van der Waals surface area (Å²) >= 11 is 5.98. The Morgan fingerprint density at radius 3 is 2.42 bits per heavy atom. The quantitative estimate of drug-likeness (QED) is 0.716. The lowest BCUT2D eigenvalue weighted by atomic mass is 9.76. The van der Waals surface area contributed by atoms with Crippen LogP contribution in [0.25, 0.3) is 0 Å². The third-order valence-corrected chi connectivity index (χ3v) is 4.77. The maximum absolute atomic E-state index is 6.26. The molecule has 124 valence electrons.